The Morgan fingerprint density at radius 2 is 1.74 bits per heavy atom. The highest BCUT2D eigenvalue weighted by molar-refractivity contribution is 6.31. The number of Topliss-reactive ketones (excluding diaryl/α,β-unsaturated/α-hetero) is 1. The average molecular weight is 381 g/mol. The SMILES string of the molecule is CC(=O)c1ccc(NC(=O)c2cnc(Nc3cccc(Cl)c3C)cn2)cc1. The molecule has 0 aliphatic carbocycles. The molecule has 27 heavy (non-hydrogen) atoms. The zero-order chi connectivity index (χ0) is 19.4. The molecule has 0 fully saturated rings. The van der Waals surface area contributed by atoms with E-state index in [-0.39, 0.29) is 17.4 Å². The normalized spacial score (nSPS) is 10.3. The van der Waals surface area contributed by atoms with Crippen molar-refractivity contribution >= 4 is 40.5 Å². The second-order valence-electron chi connectivity index (χ2n) is 5.91. The Morgan fingerprint density at radius 1 is 1.00 bits per heavy atom. The summed E-state index contributed by atoms with van der Waals surface area (Å²) in [6.07, 6.45) is 2.87. The van der Waals surface area contributed by atoms with Crippen LogP contribution in [0.5, 0.6) is 0 Å². The van der Waals surface area contributed by atoms with Gasteiger partial charge in [0.2, 0.25) is 0 Å². The second kappa shape index (κ2) is 7.97. The smallest absolute Gasteiger partial charge is 0.275 e. The Balaban J connectivity index is 1.68. The number of nitrogens with one attached hydrogen (secondary N) is 2. The summed E-state index contributed by atoms with van der Waals surface area (Å²) >= 11 is 6.10. The topological polar surface area (TPSA) is 84.0 Å². The standard InChI is InChI=1S/C20H17ClN4O2/c1-12-16(21)4-3-5-17(12)25-19-11-22-18(10-23-19)20(27)24-15-8-6-14(7-9-15)13(2)26/h3-11H,1-2H3,(H,23,25)(H,24,27). The molecule has 136 valence electrons. The van der Waals surface area contributed by atoms with Crippen molar-refractivity contribution in [1.82, 2.24) is 9.97 Å². The molecule has 2 N–H and O–H groups in total. The minimum atomic E-state index is -0.386. The van der Waals surface area contributed by atoms with Crippen molar-refractivity contribution in [3.63, 3.8) is 0 Å². The van der Waals surface area contributed by atoms with Crippen LogP contribution >= 0.6 is 11.6 Å². The quantitative estimate of drug-likeness (QED) is 0.630. The van der Waals surface area contributed by atoms with Crippen LogP contribution in [-0.2, 0) is 0 Å². The lowest BCUT2D eigenvalue weighted by Gasteiger charge is -2.10. The molecule has 0 saturated carbocycles. The van der Waals surface area contributed by atoms with Crippen LogP contribution in [0.3, 0.4) is 0 Å². The first-order valence-corrected chi connectivity index (χ1v) is 8.58. The van der Waals surface area contributed by atoms with Crippen molar-refractivity contribution in [2.75, 3.05) is 10.6 Å². The monoisotopic (exact) mass is 380 g/mol. The summed E-state index contributed by atoms with van der Waals surface area (Å²) in [5.41, 5.74) is 3.05. The predicted molar refractivity (Wildman–Crippen MR) is 106 cm³/mol. The minimum Gasteiger partial charge on any atom is -0.339 e. The van der Waals surface area contributed by atoms with Gasteiger partial charge in [-0.1, -0.05) is 17.7 Å². The van der Waals surface area contributed by atoms with Crippen molar-refractivity contribution in [3.05, 3.63) is 76.7 Å². The molecule has 1 amide bonds. The number of hydrogen-bond donors (Lipinski definition) is 2. The summed E-state index contributed by atoms with van der Waals surface area (Å²) in [4.78, 5) is 31.9. The summed E-state index contributed by atoms with van der Waals surface area (Å²) in [6.45, 7) is 3.39. The van der Waals surface area contributed by atoms with Gasteiger partial charge in [0.25, 0.3) is 5.91 Å². The molecule has 0 atom stereocenters. The number of nitrogens with zero attached hydrogens (tertiary/aromatic N) is 2. The van der Waals surface area contributed by atoms with E-state index < -0.39 is 0 Å². The first-order valence-electron chi connectivity index (χ1n) is 8.20. The largest absolute Gasteiger partial charge is 0.339 e. The van der Waals surface area contributed by atoms with Gasteiger partial charge < -0.3 is 10.6 Å². The molecule has 0 unspecified atom stereocenters. The molecule has 3 rings (SSSR count). The Morgan fingerprint density at radius 3 is 2.37 bits per heavy atom. The molecule has 1 heterocycles. The zero-order valence-corrected chi connectivity index (χ0v) is 15.5. The Hall–Kier alpha value is -3.25. The fourth-order valence-corrected chi connectivity index (χ4v) is 2.55. The highest BCUT2D eigenvalue weighted by Gasteiger charge is 2.10. The maximum Gasteiger partial charge on any atom is 0.275 e. The van der Waals surface area contributed by atoms with E-state index in [0.717, 1.165) is 11.3 Å². The van der Waals surface area contributed by atoms with E-state index in [1.54, 1.807) is 24.3 Å². The molecule has 6 nitrogen and oxygen atoms in total. The van der Waals surface area contributed by atoms with Crippen molar-refractivity contribution < 1.29 is 9.59 Å². The molecule has 3 aromatic rings. The van der Waals surface area contributed by atoms with Gasteiger partial charge in [0.05, 0.1) is 12.4 Å². The Kier molecular flexibility index (Phi) is 5.47. The lowest BCUT2D eigenvalue weighted by molar-refractivity contribution is 0.101. The highest BCUT2D eigenvalue weighted by Crippen LogP contribution is 2.25. The molecular weight excluding hydrogens is 364 g/mol. The van der Waals surface area contributed by atoms with Crippen LogP contribution in [0.1, 0.15) is 33.3 Å². The summed E-state index contributed by atoms with van der Waals surface area (Å²) in [5.74, 6) is 0.0862. The van der Waals surface area contributed by atoms with Crippen LogP contribution in [-0.4, -0.2) is 21.7 Å². The molecule has 0 spiro atoms. The van der Waals surface area contributed by atoms with Crippen LogP contribution in [0.4, 0.5) is 17.2 Å². The molecule has 0 bridgehead atoms. The van der Waals surface area contributed by atoms with Crippen LogP contribution in [0, 0.1) is 6.92 Å². The fraction of sp³-hybridized carbons (Fsp3) is 0.100. The fourth-order valence-electron chi connectivity index (χ4n) is 2.37. The third-order valence-corrected chi connectivity index (χ3v) is 4.37. The van der Waals surface area contributed by atoms with Gasteiger partial charge in [0.15, 0.2) is 5.78 Å². The number of anilines is 3. The molecular formula is C20H17ClN4O2. The number of aromatic nitrogens is 2. The van der Waals surface area contributed by atoms with Crippen LogP contribution in [0.2, 0.25) is 5.02 Å². The number of carbonyl (C=O) groups is 2. The van der Waals surface area contributed by atoms with Gasteiger partial charge in [-0.25, -0.2) is 9.97 Å². The Labute approximate surface area is 161 Å². The maximum atomic E-state index is 12.3. The molecule has 1 aromatic heterocycles. The molecule has 0 aliphatic heterocycles. The number of amides is 1. The minimum absolute atomic E-state index is 0.0308. The Bertz CT molecular complexity index is 986. The zero-order valence-electron chi connectivity index (χ0n) is 14.8. The molecule has 0 saturated heterocycles. The van der Waals surface area contributed by atoms with E-state index in [1.165, 1.54) is 19.3 Å². The van der Waals surface area contributed by atoms with Gasteiger partial charge in [0, 0.05) is 22.0 Å². The highest BCUT2D eigenvalue weighted by atomic mass is 35.5. The van der Waals surface area contributed by atoms with Crippen LogP contribution in [0.25, 0.3) is 0 Å². The summed E-state index contributed by atoms with van der Waals surface area (Å²) < 4.78 is 0. The van der Waals surface area contributed by atoms with E-state index in [0.29, 0.717) is 22.1 Å². The van der Waals surface area contributed by atoms with E-state index in [4.69, 9.17) is 11.6 Å². The molecule has 2 aromatic carbocycles. The number of ketones is 1. The van der Waals surface area contributed by atoms with Gasteiger partial charge in [-0.05, 0) is 55.8 Å². The van der Waals surface area contributed by atoms with E-state index >= 15 is 0 Å². The second-order valence-corrected chi connectivity index (χ2v) is 6.32. The first-order chi connectivity index (χ1) is 12.9. The van der Waals surface area contributed by atoms with Gasteiger partial charge in [0.1, 0.15) is 11.5 Å². The summed E-state index contributed by atoms with van der Waals surface area (Å²) in [6, 6.07) is 12.2. The molecule has 0 aliphatic rings. The van der Waals surface area contributed by atoms with E-state index in [1.807, 2.05) is 25.1 Å². The van der Waals surface area contributed by atoms with Gasteiger partial charge in [-0.15, -0.1) is 0 Å². The van der Waals surface area contributed by atoms with Crippen molar-refractivity contribution in [2.45, 2.75) is 13.8 Å². The predicted octanol–water partition coefficient (Wildman–Crippen LogP) is 4.64. The molecule has 0 radical (unpaired) electrons. The average Bonchev–Trinajstić information content (AvgIpc) is 2.66. The van der Waals surface area contributed by atoms with E-state index in [2.05, 4.69) is 20.6 Å². The van der Waals surface area contributed by atoms with Crippen LogP contribution in [0.15, 0.2) is 54.9 Å². The molecule has 7 heteroatoms. The number of carbonyl (C=O) groups excluding carboxylic acids is 2. The number of halogens is 1. The number of rotatable bonds is 5. The summed E-state index contributed by atoms with van der Waals surface area (Å²) in [5, 5.41) is 6.50. The van der Waals surface area contributed by atoms with Crippen LogP contribution < -0.4 is 10.6 Å². The van der Waals surface area contributed by atoms with Gasteiger partial charge in [-0.3, -0.25) is 9.59 Å². The lowest BCUT2D eigenvalue weighted by Crippen LogP contribution is -2.14. The number of hydrogen-bond acceptors (Lipinski definition) is 5. The lowest BCUT2D eigenvalue weighted by atomic mass is 10.1. The van der Waals surface area contributed by atoms with Crippen molar-refractivity contribution in [1.29, 1.82) is 0 Å². The first kappa shape index (κ1) is 18.5. The van der Waals surface area contributed by atoms with Crippen molar-refractivity contribution in [3.8, 4) is 0 Å². The maximum absolute atomic E-state index is 12.3. The number of benzene rings is 2. The third kappa shape index (κ3) is 4.48. The summed E-state index contributed by atoms with van der Waals surface area (Å²) in [7, 11) is 0. The van der Waals surface area contributed by atoms with Gasteiger partial charge >= 0.3 is 0 Å². The van der Waals surface area contributed by atoms with Gasteiger partial charge in [-0.2, -0.15) is 0 Å². The van der Waals surface area contributed by atoms with Crippen molar-refractivity contribution in [2.24, 2.45) is 0 Å². The van der Waals surface area contributed by atoms with E-state index in [9.17, 15) is 9.59 Å². The third-order valence-electron chi connectivity index (χ3n) is 3.96.